The molecule has 1 fully saturated rings. The van der Waals surface area contributed by atoms with Crippen LogP contribution in [0.3, 0.4) is 0 Å². The summed E-state index contributed by atoms with van der Waals surface area (Å²) in [4.78, 5) is 14.5. The minimum Gasteiger partial charge on any atom is -0.379 e. The van der Waals surface area contributed by atoms with E-state index in [2.05, 4.69) is 23.1 Å². The van der Waals surface area contributed by atoms with Gasteiger partial charge in [-0.2, -0.15) is 0 Å². The van der Waals surface area contributed by atoms with E-state index >= 15 is 0 Å². The fraction of sp³-hybridized carbons (Fsp3) is 0.500. The SMILES string of the molecule is O=C1Cc2ccccc2CC1N1CCOCC1. The lowest BCUT2D eigenvalue weighted by atomic mass is 9.86. The van der Waals surface area contributed by atoms with Crippen LogP contribution < -0.4 is 0 Å². The molecule has 3 heteroatoms. The molecule has 90 valence electrons. The number of carbonyl (C=O) groups excluding carboxylic acids is 1. The van der Waals surface area contributed by atoms with Crippen LogP contribution in [-0.4, -0.2) is 43.0 Å². The number of rotatable bonds is 1. The summed E-state index contributed by atoms with van der Waals surface area (Å²) in [5, 5.41) is 0. The van der Waals surface area contributed by atoms with E-state index in [1.807, 2.05) is 6.07 Å². The van der Waals surface area contributed by atoms with Crippen molar-refractivity contribution >= 4 is 5.78 Å². The van der Waals surface area contributed by atoms with Crippen molar-refractivity contribution in [1.82, 2.24) is 4.90 Å². The van der Waals surface area contributed by atoms with Gasteiger partial charge in [-0.05, 0) is 17.5 Å². The molecule has 1 unspecified atom stereocenters. The summed E-state index contributed by atoms with van der Waals surface area (Å²) in [5.74, 6) is 0.366. The van der Waals surface area contributed by atoms with E-state index in [9.17, 15) is 4.79 Å². The standard InChI is InChI=1S/C14H17NO2/c16-14-10-12-4-2-1-3-11(12)9-13(14)15-5-7-17-8-6-15/h1-4,13H,5-10H2. The highest BCUT2D eigenvalue weighted by Gasteiger charge is 2.31. The third-order valence-electron chi connectivity index (χ3n) is 3.75. The van der Waals surface area contributed by atoms with Gasteiger partial charge in [0.1, 0.15) is 0 Å². The minimum atomic E-state index is 0.0776. The average Bonchev–Trinajstić information content (AvgIpc) is 2.39. The highest BCUT2D eigenvalue weighted by molar-refractivity contribution is 5.88. The Morgan fingerprint density at radius 3 is 2.59 bits per heavy atom. The molecule has 0 aromatic heterocycles. The lowest BCUT2D eigenvalue weighted by molar-refractivity contribution is -0.126. The Labute approximate surface area is 101 Å². The Hall–Kier alpha value is -1.19. The number of hydrogen-bond donors (Lipinski definition) is 0. The molecule has 1 saturated heterocycles. The fourth-order valence-corrected chi connectivity index (χ4v) is 2.78. The molecule has 0 N–H and O–H groups in total. The summed E-state index contributed by atoms with van der Waals surface area (Å²) in [6.07, 6.45) is 1.47. The third-order valence-corrected chi connectivity index (χ3v) is 3.75. The number of ether oxygens (including phenoxy) is 1. The molecule has 1 aromatic rings. The van der Waals surface area contributed by atoms with Crippen LogP contribution in [0.25, 0.3) is 0 Å². The van der Waals surface area contributed by atoms with Crippen molar-refractivity contribution in [2.24, 2.45) is 0 Å². The molecule has 3 nitrogen and oxygen atoms in total. The largest absolute Gasteiger partial charge is 0.379 e. The topological polar surface area (TPSA) is 29.5 Å². The second-order valence-electron chi connectivity index (χ2n) is 4.78. The molecule has 3 rings (SSSR count). The van der Waals surface area contributed by atoms with Gasteiger partial charge in [0.25, 0.3) is 0 Å². The van der Waals surface area contributed by atoms with Crippen molar-refractivity contribution in [2.45, 2.75) is 18.9 Å². The summed E-state index contributed by atoms with van der Waals surface area (Å²) in [6, 6.07) is 8.37. The van der Waals surface area contributed by atoms with Crippen molar-refractivity contribution in [3.8, 4) is 0 Å². The van der Waals surface area contributed by atoms with E-state index in [4.69, 9.17) is 4.74 Å². The van der Waals surface area contributed by atoms with Crippen LogP contribution in [0.4, 0.5) is 0 Å². The van der Waals surface area contributed by atoms with Gasteiger partial charge in [0.2, 0.25) is 0 Å². The number of nitrogens with zero attached hydrogens (tertiary/aromatic N) is 1. The smallest absolute Gasteiger partial charge is 0.154 e. The molecule has 1 heterocycles. The first-order valence-corrected chi connectivity index (χ1v) is 6.26. The number of morpholine rings is 1. The van der Waals surface area contributed by atoms with E-state index in [0.717, 1.165) is 32.7 Å². The molecular formula is C14H17NO2. The third kappa shape index (κ3) is 2.13. The summed E-state index contributed by atoms with van der Waals surface area (Å²) >= 11 is 0. The monoisotopic (exact) mass is 231 g/mol. The van der Waals surface area contributed by atoms with Crippen LogP contribution in [0.5, 0.6) is 0 Å². The molecule has 1 atom stereocenters. The van der Waals surface area contributed by atoms with Gasteiger partial charge in [0, 0.05) is 19.5 Å². The number of ketones is 1. The maximum atomic E-state index is 12.2. The predicted octanol–water partition coefficient (Wildman–Crippen LogP) is 1.06. The van der Waals surface area contributed by atoms with Gasteiger partial charge >= 0.3 is 0 Å². The fourth-order valence-electron chi connectivity index (χ4n) is 2.78. The van der Waals surface area contributed by atoms with Crippen LogP contribution in [0.1, 0.15) is 11.1 Å². The Kier molecular flexibility index (Phi) is 2.95. The molecule has 0 spiro atoms. The normalized spacial score (nSPS) is 25.6. The lowest BCUT2D eigenvalue weighted by Crippen LogP contribution is -2.50. The predicted molar refractivity (Wildman–Crippen MR) is 65.0 cm³/mol. The zero-order chi connectivity index (χ0) is 11.7. The van der Waals surface area contributed by atoms with Crippen LogP contribution in [0, 0.1) is 0 Å². The van der Waals surface area contributed by atoms with Gasteiger partial charge in [0.15, 0.2) is 5.78 Å². The summed E-state index contributed by atoms with van der Waals surface area (Å²) in [6.45, 7) is 3.29. The van der Waals surface area contributed by atoms with E-state index in [1.165, 1.54) is 11.1 Å². The van der Waals surface area contributed by atoms with Crippen LogP contribution in [0.15, 0.2) is 24.3 Å². The van der Waals surface area contributed by atoms with E-state index in [0.29, 0.717) is 12.2 Å². The molecule has 1 aromatic carbocycles. The lowest BCUT2D eigenvalue weighted by Gasteiger charge is -2.36. The van der Waals surface area contributed by atoms with Crippen LogP contribution in [-0.2, 0) is 22.4 Å². The summed E-state index contributed by atoms with van der Waals surface area (Å²) in [7, 11) is 0. The molecule has 17 heavy (non-hydrogen) atoms. The first-order chi connectivity index (χ1) is 8.34. The Morgan fingerprint density at radius 1 is 1.12 bits per heavy atom. The van der Waals surface area contributed by atoms with Gasteiger partial charge in [-0.3, -0.25) is 9.69 Å². The van der Waals surface area contributed by atoms with E-state index in [-0.39, 0.29) is 6.04 Å². The highest BCUT2D eigenvalue weighted by atomic mass is 16.5. The zero-order valence-electron chi connectivity index (χ0n) is 9.89. The molecule has 0 bridgehead atoms. The van der Waals surface area contributed by atoms with Gasteiger partial charge in [-0.15, -0.1) is 0 Å². The Balaban J connectivity index is 1.81. The summed E-state index contributed by atoms with van der Waals surface area (Å²) < 4.78 is 5.34. The van der Waals surface area contributed by atoms with E-state index in [1.54, 1.807) is 0 Å². The first-order valence-electron chi connectivity index (χ1n) is 6.26. The molecule has 0 radical (unpaired) electrons. The Bertz CT molecular complexity index is 424. The quantitative estimate of drug-likeness (QED) is 0.723. The Morgan fingerprint density at radius 2 is 1.82 bits per heavy atom. The molecule has 0 saturated carbocycles. The van der Waals surface area contributed by atoms with Gasteiger partial charge in [-0.25, -0.2) is 0 Å². The molecular weight excluding hydrogens is 214 g/mol. The minimum absolute atomic E-state index is 0.0776. The number of benzene rings is 1. The zero-order valence-corrected chi connectivity index (χ0v) is 9.89. The van der Waals surface area contributed by atoms with Crippen molar-refractivity contribution in [3.05, 3.63) is 35.4 Å². The van der Waals surface area contributed by atoms with E-state index < -0.39 is 0 Å². The van der Waals surface area contributed by atoms with Crippen molar-refractivity contribution in [1.29, 1.82) is 0 Å². The van der Waals surface area contributed by atoms with Crippen molar-refractivity contribution in [2.75, 3.05) is 26.3 Å². The molecule has 1 aliphatic heterocycles. The van der Waals surface area contributed by atoms with Gasteiger partial charge < -0.3 is 4.74 Å². The second kappa shape index (κ2) is 4.59. The maximum Gasteiger partial charge on any atom is 0.154 e. The highest BCUT2D eigenvalue weighted by Crippen LogP contribution is 2.22. The number of hydrogen-bond acceptors (Lipinski definition) is 3. The second-order valence-corrected chi connectivity index (χ2v) is 4.78. The number of carbonyl (C=O) groups is 1. The van der Waals surface area contributed by atoms with Crippen LogP contribution in [0.2, 0.25) is 0 Å². The molecule has 2 aliphatic rings. The number of fused-ring (bicyclic) bond motifs is 1. The van der Waals surface area contributed by atoms with Crippen LogP contribution >= 0.6 is 0 Å². The summed E-state index contributed by atoms with van der Waals surface area (Å²) in [5.41, 5.74) is 2.55. The molecule has 0 amide bonds. The first kappa shape index (κ1) is 10.9. The van der Waals surface area contributed by atoms with Gasteiger partial charge in [-0.1, -0.05) is 24.3 Å². The van der Waals surface area contributed by atoms with Gasteiger partial charge in [0.05, 0.1) is 19.3 Å². The maximum absolute atomic E-state index is 12.2. The number of Topliss-reactive ketones (excluding diaryl/α,β-unsaturated/α-hetero) is 1. The molecule has 1 aliphatic carbocycles. The van der Waals surface area contributed by atoms with Crippen molar-refractivity contribution in [3.63, 3.8) is 0 Å². The van der Waals surface area contributed by atoms with Crippen molar-refractivity contribution < 1.29 is 9.53 Å². The average molecular weight is 231 g/mol.